The van der Waals surface area contributed by atoms with Gasteiger partial charge in [-0.05, 0) is 73.7 Å². The molecule has 0 aliphatic rings. The molecule has 1 aromatic heterocycles. The minimum Gasteiger partial charge on any atom is -0.436 e. The quantitative estimate of drug-likeness (QED) is 0.422. The van der Waals surface area contributed by atoms with E-state index in [1.165, 1.54) is 5.56 Å². The third-order valence-corrected chi connectivity index (χ3v) is 4.73. The highest BCUT2D eigenvalue weighted by molar-refractivity contribution is 7.80. The number of fused-ring (bicyclic) bond motifs is 1. The molecule has 0 spiro atoms. The maximum atomic E-state index is 12.2. The zero-order valence-electron chi connectivity index (χ0n) is 15.4. The summed E-state index contributed by atoms with van der Waals surface area (Å²) < 4.78 is 5.83. The van der Waals surface area contributed by atoms with Gasteiger partial charge in [-0.1, -0.05) is 29.3 Å². The topological polar surface area (TPSA) is 67.2 Å². The second kappa shape index (κ2) is 8.03. The molecule has 4 aromatic rings. The Morgan fingerprint density at radius 2 is 1.76 bits per heavy atom. The molecule has 3 aromatic carbocycles. The number of thiocarbonyl (C=S) groups is 1. The number of carbonyl (C=O) groups is 1. The molecule has 0 fully saturated rings. The van der Waals surface area contributed by atoms with Crippen LogP contribution in [0.15, 0.2) is 71.1 Å². The number of aromatic nitrogens is 1. The summed E-state index contributed by atoms with van der Waals surface area (Å²) in [6.45, 7) is 2.03. The van der Waals surface area contributed by atoms with Gasteiger partial charge in [0.05, 0.1) is 0 Å². The van der Waals surface area contributed by atoms with Crippen LogP contribution in [0.4, 0.5) is 5.69 Å². The zero-order chi connectivity index (χ0) is 20.4. The number of hydrogen-bond donors (Lipinski definition) is 2. The molecule has 5 nitrogen and oxygen atoms in total. The molecule has 0 radical (unpaired) electrons. The van der Waals surface area contributed by atoms with Crippen molar-refractivity contribution in [3.63, 3.8) is 0 Å². The van der Waals surface area contributed by atoms with Crippen molar-refractivity contribution in [3.05, 3.63) is 82.9 Å². The lowest BCUT2D eigenvalue weighted by Gasteiger charge is -2.09. The number of carbonyl (C=O) groups excluding carboxylic acids is 1. The molecular weight excluding hydrogens is 406 g/mol. The minimum absolute atomic E-state index is 0.187. The van der Waals surface area contributed by atoms with Crippen LogP contribution in [0.1, 0.15) is 15.9 Å². The van der Waals surface area contributed by atoms with Gasteiger partial charge in [0.25, 0.3) is 5.91 Å². The van der Waals surface area contributed by atoms with Gasteiger partial charge in [-0.2, -0.15) is 0 Å². The van der Waals surface area contributed by atoms with E-state index in [1.807, 2.05) is 49.4 Å². The summed E-state index contributed by atoms with van der Waals surface area (Å²) in [6.07, 6.45) is 0. The molecule has 0 unspecified atom stereocenters. The molecule has 1 amide bonds. The minimum atomic E-state index is -0.316. The fourth-order valence-corrected chi connectivity index (χ4v) is 3.10. The summed E-state index contributed by atoms with van der Waals surface area (Å²) in [5, 5.41) is 6.39. The molecule has 0 saturated heterocycles. The van der Waals surface area contributed by atoms with Crippen molar-refractivity contribution in [2.24, 2.45) is 0 Å². The van der Waals surface area contributed by atoms with E-state index in [4.69, 9.17) is 28.2 Å². The van der Waals surface area contributed by atoms with Gasteiger partial charge in [-0.25, -0.2) is 4.98 Å². The van der Waals surface area contributed by atoms with E-state index < -0.39 is 0 Å². The normalized spacial score (nSPS) is 10.7. The SMILES string of the molecule is Cc1ccc(-c2nc3cc(NC(=S)NC(=O)c4ccc(Cl)cc4)ccc3o2)cc1. The van der Waals surface area contributed by atoms with Gasteiger partial charge < -0.3 is 9.73 Å². The van der Waals surface area contributed by atoms with Crippen LogP contribution in [0.5, 0.6) is 0 Å². The standard InChI is InChI=1S/C22H16ClN3O2S/c1-13-2-4-15(5-3-13)21-25-18-12-17(10-11-19(18)28-21)24-22(29)26-20(27)14-6-8-16(23)9-7-14/h2-12H,1H3,(H2,24,26,27,29). The first-order valence-electron chi connectivity index (χ1n) is 8.83. The lowest BCUT2D eigenvalue weighted by atomic mass is 10.1. The van der Waals surface area contributed by atoms with Gasteiger partial charge in [-0.3, -0.25) is 10.1 Å². The molecule has 144 valence electrons. The van der Waals surface area contributed by atoms with Gasteiger partial charge in [-0.15, -0.1) is 0 Å². The second-order valence-corrected chi connectivity index (χ2v) is 7.33. The van der Waals surface area contributed by atoms with Crippen molar-refractivity contribution < 1.29 is 9.21 Å². The molecule has 0 bridgehead atoms. The second-order valence-electron chi connectivity index (χ2n) is 6.48. The Balaban J connectivity index is 1.47. The number of amides is 1. The van der Waals surface area contributed by atoms with E-state index in [0.29, 0.717) is 33.3 Å². The number of anilines is 1. The molecule has 0 aliphatic carbocycles. The average molecular weight is 422 g/mol. The lowest BCUT2D eigenvalue weighted by molar-refractivity contribution is 0.0977. The number of oxazole rings is 1. The molecule has 7 heteroatoms. The number of rotatable bonds is 3. The maximum Gasteiger partial charge on any atom is 0.257 e. The number of hydrogen-bond acceptors (Lipinski definition) is 4. The predicted molar refractivity (Wildman–Crippen MR) is 119 cm³/mol. The summed E-state index contributed by atoms with van der Waals surface area (Å²) in [5.74, 6) is 0.235. The highest BCUT2D eigenvalue weighted by Gasteiger charge is 2.11. The Kier molecular flexibility index (Phi) is 5.29. The van der Waals surface area contributed by atoms with Gasteiger partial charge in [0, 0.05) is 21.8 Å². The highest BCUT2D eigenvalue weighted by atomic mass is 35.5. The zero-order valence-corrected chi connectivity index (χ0v) is 17.0. The predicted octanol–water partition coefficient (Wildman–Crippen LogP) is 5.58. The van der Waals surface area contributed by atoms with Gasteiger partial charge >= 0.3 is 0 Å². The van der Waals surface area contributed by atoms with E-state index in [9.17, 15) is 4.79 Å². The third-order valence-electron chi connectivity index (χ3n) is 4.28. The molecular formula is C22H16ClN3O2S. The average Bonchev–Trinajstić information content (AvgIpc) is 3.12. The first-order valence-corrected chi connectivity index (χ1v) is 9.62. The van der Waals surface area contributed by atoms with Crippen LogP contribution < -0.4 is 10.6 Å². The van der Waals surface area contributed by atoms with E-state index >= 15 is 0 Å². The highest BCUT2D eigenvalue weighted by Crippen LogP contribution is 2.26. The lowest BCUT2D eigenvalue weighted by Crippen LogP contribution is -2.34. The summed E-state index contributed by atoms with van der Waals surface area (Å²) in [4.78, 5) is 16.8. The molecule has 29 heavy (non-hydrogen) atoms. The van der Waals surface area contributed by atoms with Gasteiger partial charge in [0.15, 0.2) is 10.7 Å². The van der Waals surface area contributed by atoms with E-state index in [-0.39, 0.29) is 11.0 Å². The van der Waals surface area contributed by atoms with Crippen LogP contribution in [-0.4, -0.2) is 16.0 Å². The molecule has 0 aliphatic heterocycles. The first kappa shape index (κ1) is 19.1. The van der Waals surface area contributed by atoms with Crippen LogP contribution in [-0.2, 0) is 0 Å². The van der Waals surface area contributed by atoms with E-state index in [0.717, 1.165) is 5.56 Å². The molecule has 0 atom stereocenters. The number of halogens is 1. The summed E-state index contributed by atoms with van der Waals surface area (Å²) in [5.41, 5.74) is 4.60. The van der Waals surface area contributed by atoms with Crippen molar-refractivity contribution in [2.75, 3.05) is 5.32 Å². The number of benzene rings is 3. The smallest absolute Gasteiger partial charge is 0.257 e. The van der Waals surface area contributed by atoms with E-state index in [1.54, 1.807) is 24.3 Å². The molecule has 2 N–H and O–H groups in total. The summed E-state index contributed by atoms with van der Waals surface area (Å²) in [7, 11) is 0. The number of nitrogens with one attached hydrogen (secondary N) is 2. The van der Waals surface area contributed by atoms with Crippen molar-refractivity contribution in [1.82, 2.24) is 10.3 Å². The van der Waals surface area contributed by atoms with Crippen LogP contribution in [0.3, 0.4) is 0 Å². The van der Waals surface area contributed by atoms with Gasteiger partial charge in [0.2, 0.25) is 5.89 Å². The van der Waals surface area contributed by atoms with Crippen molar-refractivity contribution in [2.45, 2.75) is 6.92 Å². The maximum absolute atomic E-state index is 12.2. The first-order chi connectivity index (χ1) is 14.0. The molecule has 1 heterocycles. The third kappa shape index (κ3) is 4.45. The molecule has 4 rings (SSSR count). The Labute approximate surface area is 177 Å². The van der Waals surface area contributed by atoms with Crippen LogP contribution in [0.2, 0.25) is 5.02 Å². The Hall–Kier alpha value is -3.22. The molecule has 0 saturated carbocycles. The monoisotopic (exact) mass is 421 g/mol. The fraction of sp³-hybridized carbons (Fsp3) is 0.0455. The number of nitrogens with zero attached hydrogens (tertiary/aromatic N) is 1. The van der Waals surface area contributed by atoms with E-state index in [2.05, 4.69) is 15.6 Å². The number of aryl methyl sites for hydroxylation is 1. The summed E-state index contributed by atoms with van der Waals surface area (Å²) >= 11 is 11.1. The van der Waals surface area contributed by atoms with Crippen LogP contribution in [0, 0.1) is 6.92 Å². The van der Waals surface area contributed by atoms with Crippen molar-refractivity contribution >= 4 is 51.6 Å². The van der Waals surface area contributed by atoms with Crippen LogP contribution in [0.25, 0.3) is 22.6 Å². The fourth-order valence-electron chi connectivity index (χ4n) is 2.76. The van der Waals surface area contributed by atoms with Crippen molar-refractivity contribution in [1.29, 1.82) is 0 Å². The summed E-state index contributed by atoms with van der Waals surface area (Å²) in [6, 6.07) is 20.0. The van der Waals surface area contributed by atoms with Crippen LogP contribution >= 0.6 is 23.8 Å². The largest absolute Gasteiger partial charge is 0.436 e. The van der Waals surface area contributed by atoms with Crippen molar-refractivity contribution in [3.8, 4) is 11.5 Å². The van der Waals surface area contributed by atoms with Gasteiger partial charge in [0.1, 0.15) is 5.52 Å². The Bertz CT molecular complexity index is 1200. The Morgan fingerprint density at radius 1 is 1.03 bits per heavy atom. The Morgan fingerprint density at radius 3 is 2.48 bits per heavy atom.